The average molecular weight is 537 g/mol. The van der Waals surface area contributed by atoms with Gasteiger partial charge in [-0.3, -0.25) is 4.79 Å². The molecule has 0 N–H and O–H groups in total. The number of hydrogen-bond acceptors (Lipinski definition) is 6. The minimum Gasteiger partial charge on any atom is -0.487 e. The molecule has 0 saturated carbocycles. The van der Waals surface area contributed by atoms with Crippen LogP contribution in [-0.2, 0) is 21.4 Å². The third-order valence-electron chi connectivity index (χ3n) is 6.73. The van der Waals surface area contributed by atoms with Gasteiger partial charge in [-0.1, -0.05) is 46.0 Å². The summed E-state index contributed by atoms with van der Waals surface area (Å²) in [4.78, 5) is 12.7. The lowest BCUT2D eigenvalue weighted by atomic mass is 9.73. The van der Waals surface area contributed by atoms with E-state index in [4.69, 9.17) is 9.47 Å². The summed E-state index contributed by atoms with van der Waals surface area (Å²) in [6.45, 7) is 13.4. The van der Waals surface area contributed by atoms with Crippen LogP contribution in [0, 0.1) is 11.8 Å². The molecular weight excluding hydrogens is 492 g/mol. The van der Waals surface area contributed by atoms with Crippen LogP contribution >= 0.6 is 11.8 Å². The van der Waals surface area contributed by atoms with E-state index in [9.17, 15) is 4.79 Å². The van der Waals surface area contributed by atoms with Crippen LogP contribution in [0.15, 0.2) is 29.2 Å². The van der Waals surface area contributed by atoms with Crippen molar-refractivity contribution in [2.24, 2.45) is 0 Å². The van der Waals surface area contributed by atoms with Gasteiger partial charge in [-0.2, -0.15) is 5.10 Å². The molecule has 1 aromatic carbocycles. The molecule has 0 saturated heterocycles. The van der Waals surface area contributed by atoms with Gasteiger partial charge in [0.25, 0.3) is 0 Å². The van der Waals surface area contributed by atoms with Gasteiger partial charge in [-0.15, -0.1) is 16.9 Å². The van der Waals surface area contributed by atoms with Gasteiger partial charge < -0.3 is 9.47 Å². The monoisotopic (exact) mass is 536 g/mol. The highest BCUT2D eigenvalue weighted by Gasteiger charge is 2.39. The second kappa shape index (κ2) is 14.0. The molecule has 0 radical (unpaired) electrons. The van der Waals surface area contributed by atoms with E-state index in [0.29, 0.717) is 18.7 Å². The summed E-state index contributed by atoms with van der Waals surface area (Å²) in [6, 6.07) is 8.36. The molecule has 1 aromatic heterocycles. The van der Waals surface area contributed by atoms with Crippen molar-refractivity contribution in [3.63, 3.8) is 0 Å². The first-order chi connectivity index (χ1) is 18.1. The molecule has 2 heterocycles. The predicted octanol–water partition coefficient (Wildman–Crippen LogP) is 7.66. The van der Waals surface area contributed by atoms with E-state index in [2.05, 4.69) is 68.8 Å². The Morgan fingerprint density at radius 3 is 2.55 bits per heavy atom. The summed E-state index contributed by atoms with van der Waals surface area (Å²) >= 11 is 1.87. The first-order valence-corrected chi connectivity index (χ1v) is 15.1. The number of unbranched alkanes of at least 4 members (excludes halogenated alkanes) is 4. The van der Waals surface area contributed by atoms with Crippen molar-refractivity contribution in [3.05, 3.63) is 46.8 Å². The van der Waals surface area contributed by atoms with Gasteiger partial charge in [-0.25, -0.2) is 0 Å². The molecule has 1 aliphatic heterocycles. The van der Waals surface area contributed by atoms with Crippen molar-refractivity contribution >= 4 is 17.7 Å². The predicted molar refractivity (Wildman–Crippen MR) is 156 cm³/mol. The lowest BCUT2D eigenvalue weighted by Crippen LogP contribution is -2.41. The van der Waals surface area contributed by atoms with E-state index in [1.165, 1.54) is 36.1 Å². The number of esters is 1. The fourth-order valence-electron chi connectivity index (χ4n) is 5.10. The van der Waals surface area contributed by atoms with Crippen molar-refractivity contribution in [3.8, 4) is 17.6 Å². The fourth-order valence-corrected chi connectivity index (χ4v) is 6.12. The highest BCUT2D eigenvalue weighted by atomic mass is 32.2. The van der Waals surface area contributed by atoms with E-state index >= 15 is 0 Å². The van der Waals surface area contributed by atoms with Crippen molar-refractivity contribution in [2.45, 2.75) is 115 Å². The van der Waals surface area contributed by atoms with Crippen molar-refractivity contribution in [1.82, 2.24) is 10.2 Å². The zero-order valence-electron chi connectivity index (χ0n) is 24.1. The molecule has 0 fully saturated rings. The number of ether oxygens (including phenoxy) is 2. The minimum atomic E-state index is -0.192. The van der Waals surface area contributed by atoms with Crippen LogP contribution in [0.1, 0.15) is 115 Å². The lowest BCUT2D eigenvalue weighted by molar-refractivity contribution is -0.143. The Hall–Kier alpha value is -2.52. The Kier molecular flexibility index (Phi) is 11.1. The van der Waals surface area contributed by atoms with E-state index < -0.39 is 0 Å². The summed E-state index contributed by atoms with van der Waals surface area (Å²) in [5.41, 5.74) is 3.65. The second-order valence-electron chi connectivity index (χ2n) is 11.3. The smallest absolute Gasteiger partial charge is 0.305 e. The van der Waals surface area contributed by atoms with Gasteiger partial charge in [0.2, 0.25) is 0 Å². The quantitative estimate of drug-likeness (QED) is 0.120. The Balaban J connectivity index is 1.74. The first-order valence-electron chi connectivity index (χ1n) is 14.1. The molecule has 6 heteroatoms. The molecule has 0 bridgehead atoms. The van der Waals surface area contributed by atoms with E-state index in [0.717, 1.165) is 48.4 Å². The van der Waals surface area contributed by atoms with Crippen molar-refractivity contribution < 1.29 is 14.3 Å². The van der Waals surface area contributed by atoms with Crippen molar-refractivity contribution in [2.75, 3.05) is 12.4 Å². The highest BCUT2D eigenvalue weighted by Crippen LogP contribution is 2.46. The largest absolute Gasteiger partial charge is 0.487 e. The zero-order chi connectivity index (χ0) is 27.6. The van der Waals surface area contributed by atoms with Gasteiger partial charge in [-0.05, 0) is 94.2 Å². The number of hydrogen-bond donors (Lipinski definition) is 0. The molecule has 3 rings (SSSR count). The molecule has 1 aliphatic rings. The molecule has 0 spiro atoms. The number of thioether (sulfide) groups is 1. The van der Waals surface area contributed by atoms with Crippen LogP contribution in [0.4, 0.5) is 0 Å². The topological polar surface area (TPSA) is 61.3 Å². The third-order valence-corrected chi connectivity index (χ3v) is 7.88. The minimum absolute atomic E-state index is 0.00651. The lowest BCUT2D eigenvalue weighted by Gasteiger charge is -2.42. The van der Waals surface area contributed by atoms with Crippen molar-refractivity contribution in [1.29, 1.82) is 0 Å². The van der Waals surface area contributed by atoms with Crippen LogP contribution in [0.2, 0.25) is 0 Å². The van der Waals surface area contributed by atoms with Crippen LogP contribution in [0.5, 0.6) is 5.75 Å². The van der Waals surface area contributed by atoms with Gasteiger partial charge >= 0.3 is 5.97 Å². The number of aryl methyl sites for hydroxylation is 1. The Labute approximate surface area is 233 Å². The maximum absolute atomic E-state index is 11.5. The Morgan fingerprint density at radius 2 is 1.84 bits per heavy atom. The summed E-state index contributed by atoms with van der Waals surface area (Å²) in [6.07, 6.45) is 8.84. The highest BCUT2D eigenvalue weighted by molar-refractivity contribution is 7.99. The molecule has 38 heavy (non-hydrogen) atoms. The molecular formula is C32H44N2O3S. The molecule has 0 amide bonds. The van der Waals surface area contributed by atoms with E-state index in [1.807, 2.05) is 30.8 Å². The van der Waals surface area contributed by atoms with Crippen LogP contribution < -0.4 is 4.74 Å². The fraction of sp³-hybridized carbons (Fsp3) is 0.594. The molecule has 0 atom stereocenters. The number of aromatic nitrogens is 2. The van der Waals surface area contributed by atoms with Crippen LogP contribution in [0.25, 0.3) is 0 Å². The van der Waals surface area contributed by atoms with Crippen LogP contribution in [-0.4, -0.2) is 34.1 Å². The standard InChI is InChI=1S/C32H44N2O3S/c1-7-9-10-13-20-38-29-22-28-27(31(3,4)23-32(5,6)37-28)21-24(29)16-17-26-19-18-25(33-34-26)14-11-12-15-30(35)36-8-2/h18-19,21-22H,7-15,20,23H2,1-6H3. The number of nitrogens with zero attached hydrogens (tertiary/aromatic N) is 2. The number of carbonyl (C=O) groups excluding carboxylic acids is 1. The number of fused-ring (bicyclic) bond motifs is 1. The molecule has 0 unspecified atom stereocenters. The van der Waals surface area contributed by atoms with Gasteiger partial charge in [0.1, 0.15) is 17.0 Å². The number of benzene rings is 1. The summed E-state index contributed by atoms with van der Waals surface area (Å²) in [7, 11) is 0. The molecule has 206 valence electrons. The average Bonchev–Trinajstić information content (AvgIpc) is 2.85. The molecule has 5 nitrogen and oxygen atoms in total. The number of carbonyl (C=O) groups is 1. The zero-order valence-corrected chi connectivity index (χ0v) is 24.9. The Morgan fingerprint density at radius 1 is 1.03 bits per heavy atom. The Bertz CT molecular complexity index is 1130. The molecule has 2 aromatic rings. The van der Waals surface area contributed by atoms with Gasteiger partial charge in [0, 0.05) is 22.4 Å². The van der Waals surface area contributed by atoms with Gasteiger partial charge in [0.15, 0.2) is 0 Å². The molecule has 0 aliphatic carbocycles. The third kappa shape index (κ3) is 9.05. The van der Waals surface area contributed by atoms with E-state index in [1.54, 1.807) is 0 Å². The number of rotatable bonds is 12. The van der Waals surface area contributed by atoms with Gasteiger partial charge in [0.05, 0.1) is 12.3 Å². The summed E-state index contributed by atoms with van der Waals surface area (Å²) in [5.74, 6) is 8.58. The second-order valence-corrected chi connectivity index (χ2v) is 12.5. The summed E-state index contributed by atoms with van der Waals surface area (Å²) < 4.78 is 11.4. The SMILES string of the molecule is CCCCCCSc1cc2c(cc1C#Cc1ccc(CCCCC(=O)OCC)nn1)C(C)(C)CC(C)(C)O2. The maximum atomic E-state index is 11.5. The van der Waals surface area contributed by atoms with E-state index in [-0.39, 0.29) is 17.0 Å². The normalized spacial score (nSPS) is 15.1. The maximum Gasteiger partial charge on any atom is 0.305 e. The van der Waals surface area contributed by atoms with Crippen LogP contribution in [0.3, 0.4) is 0 Å². The summed E-state index contributed by atoms with van der Waals surface area (Å²) in [5, 5.41) is 8.71. The first kappa shape index (κ1) is 30.0.